The second-order valence-corrected chi connectivity index (χ2v) is 7.52. The van der Waals surface area contributed by atoms with Gasteiger partial charge in [-0.3, -0.25) is 4.72 Å². The largest absolute Gasteiger partial charge is 0.337 e. The Kier molecular flexibility index (Phi) is 6.09. The van der Waals surface area contributed by atoms with Gasteiger partial charge in [0, 0.05) is 24.4 Å². The number of hydrogen-bond acceptors (Lipinski definition) is 5. The van der Waals surface area contributed by atoms with E-state index in [9.17, 15) is 17.6 Å². The Morgan fingerprint density at radius 3 is 2.42 bits per heavy atom. The smallest absolute Gasteiger partial charge is 0.319 e. The standard InChI is InChI=1S/C16H20FN5O3S/c1-10-8-11(2)20-15(19-10)6-7-18-16(23)21-14-9-12(4-5-13(14)17)22-26(3,24)25/h4-5,8-9,22H,6-7H2,1-3H3,(H2,18,21,23). The topological polar surface area (TPSA) is 113 Å². The molecule has 140 valence electrons. The summed E-state index contributed by atoms with van der Waals surface area (Å²) >= 11 is 0. The minimum absolute atomic E-state index is 0.140. The predicted molar refractivity (Wildman–Crippen MR) is 97.1 cm³/mol. The summed E-state index contributed by atoms with van der Waals surface area (Å²) in [5, 5.41) is 4.92. The molecule has 10 heteroatoms. The van der Waals surface area contributed by atoms with Crippen molar-refractivity contribution in [2.75, 3.05) is 22.8 Å². The van der Waals surface area contributed by atoms with Crippen LogP contribution in [-0.4, -0.2) is 37.2 Å². The Hall–Kier alpha value is -2.75. The van der Waals surface area contributed by atoms with Crippen molar-refractivity contribution in [1.82, 2.24) is 15.3 Å². The molecule has 0 unspecified atom stereocenters. The van der Waals surface area contributed by atoms with E-state index in [1.165, 1.54) is 12.1 Å². The molecule has 26 heavy (non-hydrogen) atoms. The van der Waals surface area contributed by atoms with Crippen LogP contribution in [0.5, 0.6) is 0 Å². The molecule has 0 fully saturated rings. The molecule has 0 aliphatic heterocycles. The van der Waals surface area contributed by atoms with E-state index in [0.717, 1.165) is 23.7 Å². The van der Waals surface area contributed by atoms with Gasteiger partial charge >= 0.3 is 6.03 Å². The highest BCUT2D eigenvalue weighted by Gasteiger charge is 2.10. The number of benzene rings is 1. The Balaban J connectivity index is 1.94. The number of anilines is 2. The summed E-state index contributed by atoms with van der Waals surface area (Å²) in [7, 11) is -3.50. The molecule has 1 aromatic heterocycles. The van der Waals surface area contributed by atoms with E-state index in [1.54, 1.807) is 0 Å². The molecule has 8 nitrogen and oxygen atoms in total. The van der Waals surface area contributed by atoms with Gasteiger partial charge < -0.3 is 10.6 Å². The maximum atomic E-state index is 13.8. The number of halogens is 1. The van der Waals surface area contributed by atoms with Gasteiger partial charge in [-0.2, -0.15) is 0 Å². The molecule has 0 saturated carbocycles. The average Bonchev–Trinajstić information content (AvgIpc) is 2.48. The maximum Gasteiger partial charge on any atom is 0.319 e. The molecule has 2 aromatic rings. The molecule has 1 aromatic carbocycles. The monoisotopic (exact) mass is 381 g/mol. The maximum absolute atomic E-state index is 13.8. The summed E-state index contributed by atoms with van der Waals surface area (Å²) in [6.07, 6.45) is 1.40. The van der Waals surface area contributed by atoms with Crippen molar-refractivity contribution < 1.29 is 17.6 Å². The molecule has 2 amide bonds. The van der Waals surface area contributed by atoms with Crippen molar-refractivity contribution in [1.29, 1.82) is 0 Å². The summed E-state index contributed by atoms with van der Waals surface area (Å²) in [5.74, 6) is -0.0785. The molecule has 0 radical (unpaired) electrons. The van der Waals surface area contributed by atoms with Crippen molar-refractivity contribution in [3.8, 4) is 0 Å². The van der Waals surface area contributed by atoms with Crippen LogP contribution in [0.15, 0.2) is 24.3 Å². The van der Waals surface area contributed by atoms with Crippen LogP contribution in [0, 0.1) is 19.7 Å². The average molecular weight is 381 g/mol. The van der Waals surface area contributed by atoms with Gasteiger partial charge in [-0.05, 0) is 38.1 Å². The summed E-state index contributed by atoms with van der Waals surface area (Å²) < 4.78 is 38.5. The summed E-state index contributed by atoms with van der Waals surface area (Å²) in [5.41, 5.74) is 1.69. The number of carbonyl (C=O) groups is 1. The number of rotatable bonds is 6. The van der Waals surface area contributed by atoms with Crippen molar-refractivity contribution >= 4 is 27.4 Å². The number of urea groups is 1. The SMILES string of the molecule is Cc1cc(C)nc(CCNC(=O)Nc2cc(NS(C)(=O)=O)ccc2F)n1. The Morgan fingerprint density at radius 2 is 1.81 bits per heavy atom. The third-order valence-corrected chi connectivity index (χ3v) is 3.79. The van der Waals surface area contributed by atoms with Gasteiger partial charge in [0.15, 0.2) is 0 Å². The Labute approximate surface area is 151 Å². The highest BCUT2D eigenvalue weighted by molar-refractivity contribution is 7.92. The fourth-order valence-corrected chi connectivity index (χ4v) is 2.82. The molecule has 0 spiro atoms. The van der Waals surface area contributed by atoms with Gasteiger partial charge in [-0.15, -0.1) is 0 Å². The van der Waals surface area contributed by atoms with Crippen molar-refractivity contribution in [3.63, 3.8) is 0 Å². The first kappa shape index (κ1) is 19.6. The molecule has 2 rings (SSSR count). The van der Waals surface area contributed by atoms with E-state index in [4.69, 9.17) is 0 Å². The van der Waals surface area contributed by atoms with Crippen molar-refractivity contribution in [2.24, 2.45) is 0 Å². The van der Waals surface area contributed by atoms with Gasteiger partial charge in [0.2, 0.25) is 10.0 Å². The first-order valence-electron chi connectivity index (χ1n) is 7.76. The molecular weight excluding hydrogens is 361 g/mol. The van der Waals surface area contributed by atoms with Crippen LogP contribution in [0.25, 0.3) is 0 Å². The molecule has 0 aliphatic rings. The van der Waals surface area contributed by atoms with E-state index in [0.29, 0.717) is 12.2 Å². The van der Waals surface area contributed by atoms with E-state index >= 15 is 0 Å². The molecule has 1 heterocycles. The lowest BCUT2D eigenvalue weighted by atomic mass is 10.2. The summed E-state index contributed by atoms with van der Waals surface area (Å²) in [6, 6.07) is 4.75. The second kappa shape index (κ2) is 8.09. The van der Waals surface area contributed by atoms with Gasteiger partial charge in [0.1, 0.15) is 11.6 Å². The van der Waals surface area contributed by atoms with Crippen LogP contribution in [0.1, 0.15) is 17.2 Å². The number of sulfonamides is 1. The molecule has 3 N–H and O–H groups in total. The minimum Gasteiger partial charge on any atom is -0.337 e. The quantitative estimate of drug-likeness (QED) is 0.708. The number of nitrogens with zero attached hydrogens (tertiary/aromatic N) is 2. The summed E-state index contributed by atoms with van der Waals surface area (Å²) in [6.45, 7) is 3.98. The van der Waals surface area contributed by atoms with Crippen molar-refractivity contribution in [3.05, 3.63) is 47.3 Å². The highest BCUT2D eigenvalue weighted by atomic mass is 32.2. The highest BCUT2D eigenvalue weighted by Crippen LogP contribution is 2.20. The zero-order chi connectivity index (χ0) is 19.3. The van der Waals surface area contributed by atoms with Gasteiger partial charge in [-0.1, -0.05) is 0 Å². The normalized spacial score (nSPS) is 11.1. The lowest BCUT2D eigenvalue weighted by molar-refractivity contribution is 0.252. The second-order valence-electron chi connectivity index (χ2n) is 5.77. The first-order chi connectivity index (χ1) is 12.1. The van der Waals surface area contributed by atoms with Crippen LogP contribution < -0.4 is 15.4 Å². The van der Waals surface area contributed by atoms with Crippen LogP contribution in [0.4, 0.5) is 20.6 Å². The molecular formula is C16H20FN5O3S. The van der Waals surface area contributed by atoms with E-state index in [2.05, 4.69) is 25.3 Å². The van der Waals surface area contributed by atoms with Gasteiger partial charge in [0.25, 0.3) is 0 Å². The number of aryl methyl sites for hydroxylation is 2. The fourth-order valence-electron chi connectivity index (χ4n) is 2.26. The van der Waals surface area contributed by atoms with Gasteiger partial charge in [0.05, 0.1) is 17.6 Å². The van der Waals surface area contributed by atoms with E-state index in [-0.39, 0.29) is 17.9 Å². The zero-order valence-electron chi connectivity index (χ0n) is 14.6. The van der Waals surface area contributed by atoms with Crippen LogP contribution >= 0.6 is 0 Å². The number of aromatic nitrogens is 2. The number of hydrogen-bond donors (Lipinski definition) is 3. The minimum atomic E-state index is -3.50. The molecule has 0 aliphatic carbocycles. The molecule has 0 atom stereocenters. The lowest BCUT2D eigenvalue weighted by Gasteiger charge is -2.10. The zero-order valence-corrected chi connectivity index (χ0v) is 15.4. The van der Waals surface area contributed by atoms with E-state index < -0.39 is 21.9 Å². The number of carbonyl (C=O) groups excluding carboxylic acids is 1. The van der Waals surface area contributed by atoms with Crippen LogP contribution in [0.3, 0.4) is 0 Å². The molecule has 0 bridgehead atoms. The number of nitrogens with one attached hydrogen (secondary N) is 3. The summed E-state index contributed by atoms with van der Waals surface area (Å²) in [4.78, 5) is 20.5. The van der Waals surface area contributed by atoms with E-state index in [1.807, 2.05) is 19.9 Å². The van der Waals surface area contributed by atoms with Crippen LogP contribution in [-0.2, 0) is 16.4 Å². The lowest BCUT2D eigenvalue weighted by Crippen LogP contribution is -2.31. The molecule has 0 saturated heterocycles. The van der Waals surface area contributed by atoms with Crippen molar-refractivity contribution in [2.45, 2.75) is 20.3 Å². The Morgan fingerprint density at radius 1 is 1.15 bits per heavy atom. The van der Waals surface area contributed by atoms with Gasteiger partial charge in [-0.25, -0.2) is 27.6 Å². The predicted octanol–water partition coefficient (Wildman–Crippen LogP) is 1.97. The fraction of sp³-hybridized carbons (Fsp3) is 0.312. The third kappa shape index (κ3) is 6.28. The number of amides is 2. The Bertz CT molecular complexity index is 898. The third-order valence-electron chi connectivity index (χ3n) is 3.18. The van der Waals surface area contributed by atoms with Crippen LogP contribution in [0.2, 0.25) is 0 Å². The first-order valence-corrected chi connectivity index (χ1v) is 9.65.